The number of nitrogens with one attached hydrogen (secondary N) is 2. The van der Waals surface area contributed by atoms with Crippen LogP contribution in [0.2, 0.25) is 0 Å². The van der Waals surface area contributed by atoms with Crippen molar-refractivity contribution in [3.8, 4) is 5.75 Å². The van der Waals surface area contributed by atoms with E-state index in [9.17, 15) is 14.4 Å². The van der Waals surface area contributed by atoms with Crippen molar-refractivity contribution < 1.29 is 19.1 Å². The fourth-order valence-electron chi connectivity index (χ4n) is 5.38. The highest BCUT2D eigenvalue weighted by Gasteiger charge is 2.49. The minimum atomic E-state index is -1.24. The molecule has 0 unspecified atom stereocenters. The topological polar surface area (TPSA) is 91.0 Å². The molecule has 0 radical (unpaired) electrons. The predicted octanol–water partition coefficient (Wildman–Crippen LogP) is 3.57. The number of hydrogen-bond donors (Lipinski definition) is 2. The number of amides is 4. The molecule has 0 bridgehead atoms. The Morgan fingerprint density at radius 1 is 1.03 bits per heavy atom. The molecular weight excluding hydrogens is 468 g/mol. The molecule has 0 spiro atoms. The second-order valence-electron chi connectivity index (χ2n) is 9.81. The quantitative estimate of drug-likeness (QED) is 0.462. The molecule has 8 heteroatoms. The smallest absolute Gasteiger partial charge is 0.325 e. The lowest BCUT2D eigenvalue weighted by Gasteiger charge is -2.29. The number of carbonyl (C=O) groups excluding carboxylic acids is 3. The molecule has 2 fully saturated rings. The Morgan fingerprint density at radius 2 is 1.73 bits per heavy atom. The summed E-state index contributed by atoms with van der Waals surface area (Å²) in [6, 6.07) is 20.7. The van der Waals surface area contributed by atoms with E-state index in [0.717, 1.165) is 52.9 Å². The third-order valence-corrected chi connectivity index (χ3v) is 7.48. The molecule has 4 amide bonds. The molecule has 8 nitrogen and oxygen atoms in total. The Labute approximate surface area is 216 Å². The van der Waals surface area contributed by atoms with Crippen LogP contribution in [0, 0.1) is 0 Å². The first-order chi connectivity index (χ1) is 17.9. The van der Waals surface area contributed by atoms with Gasteiger partial charge in [0.05, 0.1) is 13.2 Å². The third-order valence-electron chi connectivity index (χ3n) is 7.48. The minimum Gasteiger partial charge on any atom is -0.496 e. The number of para-hydroxylation sites is 1. The maximum Gasteiger partial charge on any atom is 0.325 e. The molecule has 192 valence electrons. The van der Waals surface area contributed by atoms with E-state index in [4.69, 9.17) is 4.74 Å². The number of methoxy groups -OCH3 is 1. The number of benzene rings is 3. The Balaban J connectivity index is 1.29. The Bertz CT molecular complexity index is 1340. The van der Waals surface area contributed by atoms with Crippen molar-refractivity contribution in [2.24, 2.45) is 0 Å². The summed E-state index contributed by atoms with van der Waals surface area (Å²) in [6.45, 7) is 3.57. The molecule has 2 atom stereocenters. The summed E-state index contributed by atoms with van der Waals surface area (Å²) in [6.07, 6.45) is 2.21. The number of likely N-dealkylation sites (tertiary alicyclic amines) is 1. The van der Waals surface area contributed by atoms with Crippen LogP contribution in [0.15, 0.2) is 66.7 Å². The van der Waals surface area contributed by atoms with Crippen LogP contribution in [-0.4, -0.2) is 60.9 Å². The SMILES string of the molecule is COc1ccccc1[C@H](CNC(=O)CN1C(=O)N[C@@](C)(c2ccc3ccccc3c2)C1=O)N1CCCC1. The number of fused-ring (bicyclic) bond motifs is 1. The van der Waals surface area contributed by atoms with E-state index in [1.54, 1.807) is 14.0 Å². The van der Waals surface area contributed by atoms with Crippen LogP contribution in [0.25, 0.3) is 10.8 Å². The van der Waals surface area contributed by atoms with Crippen LogP contribution in [-0.2, 0) is 15.1 Å². The number of hydrogen-bond acceptors (Lipinski definition) is 5. The third kappa shape index (κ3) is 4.76. The summed E-state index contributed by atoms with van der Waals surface area (Å²) < 4.78 is 5.57. The summed E-state index contributed by atoms with van der Waals surface area (Å²) in [7, 11) is 1.64. The summed E-state index contributed by atoms with van der Waals surface area (Å²) >= 11 is 0. The molecule has 0 aromatic heterocycles. The first-order valence-electron chi connectivity index (χ1n) is 12.7. The molecule has 37 heavy (non-hydrogen) atoms. The van der Waals surface area contributed by atoms with E-state index in [0.29, 0.717) is 12.1 Å². The van der Waals surface area contributed by atoms with Gasteiger partial charge in [-0.05, 0) is 61.3 Å². The first-order valence-corrected chi connectivity index (χ1v) is 12.7. The van der Waals surface area contributed by atoms with Crippen LogP contribution < -0.4 is 15.4 Å². The number of imide groups is 1. The van der Waals surface area contributed by atoms with Crippen LogP contribution in [0.4, 0.5) is 4.79 Å². The van der Waals surface area contributed by atoms with Gasteiger partial charge in [0.1, 0.15) is 17.8 Å². The zero-order valence-corrected chi connectivity index (χ0v) is 21.2. The number of urea groups is 1. The number of nitrogens with zero attached hydrogens (tertiary/aromatic N) is 2. The molecule has 5 rings (SSSR count). The van der Waals surface area contributed by atoms with Crippen LogP contribution in [0.5, 0.6) is 5.75 Å². The molecule has 2 aliphatic rings. The van der Waals surface area contributed by atoms with Crippen LogP contribution in [0.1, 0.15) is 36.9 Å². The van der Waals surface area contributed by atoms with Crippen molar-refractivity contribution in [2.45, 2.75) is 31.3 Å². The molecule has 2 aliphatic heterocycles. The van der Waals surface area contributed by atoms with Gasteiger partial charge in [-0.3, -0.25) is 19.4 Å². The van der Waals surface area contributed by atoms with Gasteiger partial charge >= 0.3 is 6.03 Å². The van der Waals surface area contributed by atoms with Gasteiger partial charge in [-0.15, -0.1) is 0 Å². The number of rotatable bonds is 8. The molecule has 2 saturated heterocycles. The molecular formula is C29H32N4O4. The summed E-state index contributed by atoms with van der Waals surface area (Å²) in [5.41, 5.74) is 0.445. The highest BCUT2D eigenvalue weighted by molar-refractivity contribution is 6.09. The number of ether oxygens (including phenoxy) is 1. The lowest BCUT2D eigenvalue weighted by Crippen LogP contribution is -2.45. The highest BCUT2D eigenvalue weighted by atomic mass is 16.5. The maximum absolute atomic E-state index is 13.4. The number of carbonyl (C=O) groups is 3. The standard InChI is InChI=1S/C29H32N4O4/c1-29(22-14-13-20-9-3-4-10-21(20)17-22)27(35)33(28(36)31-29)19-26(34)30-18-24(32-15-7-8-16-32)23-11-5-6-12-25(23)37-2/h3-6,9-14,17,24H,7-8,15-16,18-19H2,1-2H3,(H,30,34)(H,31,36)/t24-,29-/m0/s1. The first kappa shape index (κ1) is 24.8. The van der Waals surface area contributed by atoms with Gasteiger partial charge < -0.3 is 15.4 Å². The molecule has 0 saturated carbocycles. The molecule has 2 heterocycles. The van der Waals surface area contributed by atoms with E-state index in [1.165, 1.54) is 0 Å². The van der Waals surface area contributed by atoms with E-state index in [1.807, 2.05) is 66.7 Å². The van der Waals surface area contributed by atoms with E-state index >= 15 is 0 Å². The van der Waals surface area contributed by atoms with Crippen molar-refractivity contribution in [1.82, 2.24) is 20.4 Å². The lowest BCUT2D eigenvalue weighted by molar-refractivity contribution is -0.134. The Hall–Kier alpha value is -3.91. The minimum absolute atomic E-state index is 0.0615. The van der Waals surface area contributed by atoms with Gasteiger partial charge in [0.25, 0.3) is 5.91 Å². The Morgan fingerprint density at radius 3 is 2.49 bits per heavy atom. The van der Waals surface area contributed by atoms with Gasteiger partial charge in [0, 0.05) is 12.1 Å². The van der Waals surface area contributed by atoms with Gasteiger partial charge in [-0.25, -0.2) is 4.79 Å². The largest absolute Gasteiger partial charge is 0.496 e. The van der Waals surface area contributed by atoms with Crippen molar-refractivity contribution in [1.29, 1.82) is 0 Å². The summed E-state index contributed by atoms with van der Waals surface area (Å²) in [5.74, 6) is -0.0528. The van der Waals surface area contributed by atoms with Crippen LogP contribution in [0.3, 0.4) is 0 Å². The van der Waals surface area contributed by atoms with Crippen molar-refractivity contribution in [3.05, 3.63) is 77.9 Å². The zero-order valence-electron chi connectivity index (χ0n) is 21.2. The second-order valence-corrected chi connectivity index (χ2v) is 9.81. The van der Waals surface area contributed by atoms with Gasteiger partial charge in [-0.1, -0.05) is 54.6 Å². The van der Waals surface area contributed by atoms with Gasteiger partial charge in [0.15, 0.2) is 0 Å². The van der Waals surface area contributed by atoms with Gasteiger partial charge in [0.2, 0.25) is 5.91 Å². The Kier molecular flexibility index (Phi) is 6.84. The van der Waals surface area contributed by atoms with E-state index in [-0.39, 0.29) is 18.5 Å². The molecule has 0 aliphatic carbocycles. The summed E-state index contributed by atoms with van der Waals surface area (Å²) in [4.78, 5) is 42.5. The predicted molar refractivity (Wildman–Crippen MR) is 141 cm³/mol. The average Bonchev–Trinajstić information content (AvgIpc) is 3.52. The van der Waals surface area contributed by atoms with Crippen molar-refractivity contribution >= 4 is 28.6 Å². The van der Waals surface area contributed by atoms with Crippen LogP contribution >= 0.6 is 0 Å². The molecule has 3 aromatic rings. The zero-order chi connectivity index (χ0) is 26.0. The average molecular weight is 501 g/mol. The van der Waals surface area contributed by atoms with E-state index in [2.05, 4.69) is 15.5 Å². The monoisotopic (exact) mass is 500 g/mol. The fourth-order valence-corrected chi connectivity index (χ4v) is 5.38. The maximum atomic E-state index is 13.4. The molecule has 2 N–H and O–H groups in total. The second kappa shape index (κ2) is 10.2. The van der Waals surface area contributed by atoms with Crippen molar-refractivity contribution in [3.63, 3.8) is 0 Å². The van der Waals surface area contributed by atoms with E-state index < -0.39 is 17.5 Å². The van der Waals surface area contributed by atoms with Gasteiger partial charge in [-0.2, -0.15) is 0 Å². The summed E-state index contributed by atoms with van der Waals surface area (Å²) in [5, 5.41) is 7.78. The van der Waals surface area contributed by atoms with Crippen molar-refractivity contribution in [2.75, 3.05) is 33.3 Å². The normalized spacial score (nSPS) is 20.8. The molecule has 3 aromatic carbocycles. The highest BCUT2D eigenvalue weighted by Crippen LogP contribution is 2.32. The fraction of sp³-hybridized carbons (Fsp3) is 0.345. The lowest BCUT2D eigenvalue weighted by atomic mass is 9.90.